The number of imidazole rings is 1. The van der Waals surface area contributed by atoms with Crippen LogP contribution in [-0.4, -0.2) is 15.3 Å². The van der Waals surface area contributed by atoms with Gasteiger partial charge in [0.25, 0.3) is 0 Å². The van der Waals surface area contributed by atoms with Gasteiger partial charge >= 0.3 is 0 Å². The van der Waals surface area contributed by atoms with E-state index in [9.17, 15) is 4.79 Å². The van der Waals surface area contributed by atoms with Crippen LogP contribution < -0.4 is 0 Å². The van der Waals surface area contributed by atoms with E-state index >= 15 is 0 Å². The molecule has 0 atom stereocenters. The van der Waals surface area contributed by atoms with Gasteiger partial charge in [-0.25, -0.2) is 9.83 Å². The van der Waals surface area contributed by atoms with E-state index in [1.165, 1.54) is 6.92 Å². The number of carbonyl (C=O) groups is 1. The molecule has 1 aromatic heterocycles. The third kappa shape index (κ3) is 2.20. The summed E-state index contributed by atoms with van der Waals surface area (Å²) in [6, 6.07) is 5.43. The molecule has 0 fully saturated rings. The Bertz CT molecular complexity index is 667. The third-order valence-electron chi connectivity index (χ3n) is 2.56. The van der Waals surface area contributed by atoms with E-state index in [4.69, 9.17) is 6.57 Å². The van der Waals surface area contributed by atoms with Crippen LogP contribution in [0.4, 0.5) is 5.69 Å². The molecule has 0 N–H and O–H groups in total. The van der Waals surface area contributed by atoms with E-state index in [-0.39, 0.29) is 5.78 Å². The number of hydrogen-bond acceptors (Lipinski definition) is 2. The number of nitrogens with zero attached hydrogens (tertiary/aromatic N) is 3. The van der Waals surface area contributed by atoms with Crippen molar-refractivity contribution in [2.45, 2.75) is 13.8 Å². The van der Waals surface area contributed by atoms with Crippen molar-refractivity contribution in [1.29, 1.82) is 0 Å². The fourth-order valence-electron chi connectivity index (χ4n) is 1.68. The van der Waals surface area contributed by atoms with Gasteiger partial charge in [0, 0.05) is 17.6 Å². The zero-order chi connectivity index (χ0) is 13.3. The highest BCUT2D eigenvalue weighted by Gasteiger charge is 2.12. The van der Waals surface area contributed by atoms with E-state index in [1.807, 2.05) is 19.1 Å². The topological polar surface area (TPSA) is 39.2 Å². The van der Waals surface area contributed by atoms with E-state index < -0.39 is 0 Å². The van der Waals surface area contributed by atoms with Crippen LogP contribution in [0.5, 0.6) is 0 Å². The maximum absolute atomic E-state index is 11.3. The van der Waals surface area contributed by atoms with Crippen LogP contribution in [0.2, 0.25) is 0 Å². The number of Topliss-reactive ketones (excluding diaryl/α,β-unsaturated/α-hetero) is 1. The summed E-state index contributed by atoms with van der Waals surface area (Å²) in [6.45, 7) is 10.5. The Kier molecular flexibility index (Phi) is 3.30. The lowest BCUT2D eigenvalue weighted by Gasteiger charge is -2.07. The number of halogens is 1. The lowest BCUT2D eigenvalue weighted by molar-refractivity contribution is 0.101. The highest BCUT2D eigenvalue weighted by molar-refractivity contribution is 9.10. The van der Waals surface area contributed by atoms with Gasteiger partial charge < -0.3 is 4.57 Å². The summed E-state index contributed by atoms with van der Waals surface area (Å²) in [4.78, 5) is 19.0. The molecule has 0 spiro atoms. The predicted octanol–water partition coefficient (Wildman–Crippen LogP) is 3.70. The molecule has 0 amide bonds. The van der Waals surface area contributed by atoms with Crippen molar-refractivity contribution in [3.8, 4) is 5.69 Å². The van der Waals surface area contributed by atoms with Crippen LogP contribution in [0.25, 0.3) is 10.5 Å². The zero-order valence-corrected chi connectivity index (χ0v) is 11.5. The standard InChI is InChI=1S/C13H10BrN3O/c1-8(18)12-7-17(9(2)16-12)13-5-4-10(14)6-11(13)15-3/h4-7H,1-2H3. The van der Waals surface area contributed by atoms with Gasteiger partial charge in [0.1, 0.15) is 11.5 Å². The van der Waals surface area contributed by atoms with Crippen LogP contribution in [-0.2, 0) is 0 Å². The summed E-state index contributed by atoms with van der Waals surface area (Å²) in [7, 11) is 0. The lowest BCUT2D eigenvalue weighted by Crippen LogP contribution is -1.95. The molecule has 0 bridgehead atoms. The third-order valence-corrected chi connectivity index (χ3v) is 3.05. The average Bonchev–Trinajstić information content (AvgIpc) is 2.71. The highest BCUT2D eigenvalue weighted by atomic mass is 79.9. The van der Waals surface area contributed by atoms with Crippen LogP contribution >= 0.6 is 15.9 Å². The molecule has 90 valence electrons. The largest absolute Gasteiger partial charge is 0.313 e. The van der Waals surface area contributed by atoms with Crippen LogP contribution in [0.1, 0.15) is 23.2 Å². The van der Waals surface area contributed by atoms with Gasteiger partial charge in [0.2, 0.25) is 5.69 Å². The van der Waals surface area contributed by atoms with Gasteiger partial charge in [-0.15, -0.1) is 0 Å². The Labute approximate surface area is 113 Å². The number of hydrogen-bond donors (Lipinski definition) is 0. The molecule has 2 aromatic rings. The number of carbonyl (C=O) groups excluding carboxylic acids is 1. The first-order valence-corrected chi connectivity index (χ1v) is 6.06. The molecule has 1 aromatic carbocycles. The molecular weight excluding hydrogens is 294 g/mol. The normalized spacial score (nSPS) is 10.1. The van der Waals surface area contributed by atoms with Gasteiger partial charge in [0.05, 0.1) is 12.3 Å². The molecule has 18 heavy (non-hydrogen) atoms. The number of aryl methyl sites for hydroxylation is 1. The lowest BCUT2D eigenvalue weighted by atomic mass is 10.2. The van der Waals surface area contributed by atoms with Crippen LogP contribution in [0.3, 0.4) is 0 Å². The van der Waals surface area contributed by atoms with Gasteiger partial charge in [-0.05, 0) is 25.1 Å². The minimum Gasteiger partial charge on any atom is -0.313 e. The summed E-state index contributed by atoms with van der Waals surface area (Å²) < 4.78 is 2.61. The smallest absolute Gasteiger partial charge is 0.211 e. The molecule has 2 rings (SSSR count). The molecule has 1 heterocycles. The molecule has 0 radical (unpaired) electrons. The quantitative estimate of drug-likeness (QED) is 0.627. The van der Waals surface area contributed by atoms with Crippen molar-refractivity contribution in [3.63, 3.8) is 0 Å². The SMILES string of the molecule is [C-]#[N+]c1cc(Br)ccc1-n1cc(C(C)=O)nc1C. The van der Waals surface area contributed by atoms with Crippen molar-refractivity contribution in [2.24, 2.45) is 0 Å². The molecule has 4 nitrogen and oxygen atoms in total. The first kappa shape index (κ1) is 12.5. The van der Waals surface area contributed by atoms with E-state index in [0.717, 1.165) is 10.2 Å². The van der Waals surface area contributed by atoms with E-state index in [0.29, 0.717) is 17.2 Å². The zero-order valence-electron chi connectivity index (χ0n) is 9.94. The van der Waals surface area contributed by atoms with Crippen LogP contribution in [0.15, 0.2) is 28.9 Å². The molecule has 0 aliphatic carbocycles. The van der Waals surface area contributed by atoms with Crippen molar-refractivity contribution < 1.29 is 4.79 Å². The molecule has 0 saturated carbocycles. The first-order chi connectivity index (χ1) is 8.52. The monoisotopic (exact) mass is 303 g/mol. The Balaban J connectivity index is 2.62. The fourth-order valence-corrected chi connectivity index (χ4v) is 2.03. The summed E-state index contributed by atoms with van der Waals surface area (Å²) in [5, 5.41) is 0. The summed E-state index contributed by atoms with van der Waals surface area (Å²) in [6.07, 6.45) is 1.66. The van der Waals surface area contributed by atoms with Gasteiger partial charge in [-0.3, -0.25) is 4.79 Å². The molecule has 0 saturated heterocycles. The van der Waals surface area contributed by atoms with Crippen molar-refractivity contribution in [2.75, 3.05) is 0 Å². The second kappa shape index (κ2) is 4.75. The minimum atomic E-state index is -0.0849. The summed E-state index contributed by atoms with van der Waals surface area (Å²) >= 11 is 3.33. The number of aromatic nitrogens is 2. The average molecular weight is 304 g/mol. The number of benzene rings is 1. The predicted molar refractivity (Wildman–Crippen MR) is 72.3 cm³/mol. The summed E-state index contributed by atoms with van der Waals surface area (Å²) in [5.74, 6) is 0.603. The van der Waals surface area contributed by atoms with Crippen molar-refractivity contribution >= 4 is 27.4 Å². The molecular formula is C13H10BrN3O. The molecule has 0 aliphatic heterocycles. The maximum atomic E-state index is 11.3. The Hall–Kier alpha value is -1.93. The highest BCUT2D eigenvalue weighted by Crippen LogP contribution is 2.28. The summed E-state index contributed by atoms with van der Waals surface area (Å²) in [5.41, 5.74) is 1.65. The second-order valence-corrected chi connectivity index (χ2v) is 4.76. The van der Waals surface area contributed by atoms with Crippen molar-refractivity contribution in [3.05, 3.63) is 51.8 Å². The number of ketones is 1. The van der Waals surface area contributed by atoms with Crippen molar-refractivity contribution in [1.82, 2.24) is 9.55 Å². The van der Waals surface area contributed by atoms with Gasteiger partial charge in [-0.1, -0.05) is 15.9 Å². The molecule has 0 aliphatic rings. The van der Waals surface area contributed by atoms with Gasteiger partial charge in [-0.2, -0.15) is 0 Å². The number of rotatable bonds is 2. The fraction of sp³-hybridized carbons (Fsp3) is 0.154. The molecule has 5 heteroatoms. The van der Waals surface area contributed by atoms with E-state index in [1.54, 1.807) is 16.8 Å². The Morgan fingerprint density at radius 2 is 2.22 bits per heavy atom. The van der Waals surface area contributed by atoms with Crippen LogP contribution in [0, 0.1) is 13.5 Å². The second-order valence-electron chi connectivity index (χ2n) is 3.84. The Morgan fingerprint density at radius 3 is 2.78 bits per heavy atom. The molecule has 0 unspecified atom stereocenters. The first-order valence-electron chi connectivity index (χ1n) is 5.27. The van der Waals surface area contributed by atoms with E-state index in [2.05, 4.69) is 25.8 Å². The Morgan fingerprint density at radius 1 is 1.50 bits per heavy atom. The minimum absolute atomic E-state index is 0.0849. The van der Waals surface area contributed by atoms with Gasteiger partial charge in [0.15, 0.2) is 5.78 Å². The maximum Gasteiger partial charge on any atom is 0.211 e.